The summed E-state index contributed by atoms with van der Waals surface area (Å²) in [6, 6.07) is 7.17. The zero-order valence-electron chi connectivity index (χ0n) is 10.4. The van der Waals surface area contributed by atoms with Crippen LogP contribution in [0.15, 0.2) is 24.3 Å². The molecule has 98 valence electrons. The molecule has 1 atom stereocenters. The summed E-state index contributed by atoms with van der Waals surface area (Å²) >= 11 is 2.13. The molecule has 0 saturated carbocycles. The molecule has 5 heteroatoms. The van der Waals surface area contributed by atoms with Crippen LogP contribution in [0.5, 0.6) is 0 Å². The molecule has 1 rings (SSSR count). The lowest BCUT2D eigenvalue weighted by Crippen LogP contribution is -2.40. The monoisotopic (exact) mass is 361 g/mol. The highest BCUT2D eigenvalue weighted by molar-refractivity contribution is 14.1. The normalized spacial score (nSPS) is 13.7. The Morgan fingerprint density at radius 1 is 1.44 bits per heavy atom. The van der Waals surface area contributed by atoms with Crippen LogP contribution < -0.4 is 5.32 Å². The van der Waals surface area contributed by atoms with Crippen molar-refractivity contribution in [2.24, 2.45) is 5.41 Å². The second kappa shape index (κ2) is 6.17. The molecule has 0 aliphatic carbocycles. The van der Waals surface area contributed by atoms with E-state index in [2.05, 4.69) is 27.9 Å². The van der Waals surface area contributed by atoms with Gasteiger partial charge in [-0.15, -0.1) is 0 Å². The number of halogens is 1. The highest BCUT2D eigenvalue weighted by Crippen LogP contribution is 2.20. The predicted octanol–water partition coefficient (Wildman–Crippen LogP) is 2.52. The quantitative estimate of drug-likeness (QED) is 0.793. The number of nitrogens with one attached hydrogen (secondary N) is 1. The van der Waals surface area contributed by atoms with Gasteiger partial charge in [-0.2, -0.15) is 0 Å². The van der Waals surface area contributed by atoms with Gasteiger partial charge in [0.15, 0.2) is 0 Å². The summed E-state index contributed by atoms with van der Waals surface area (Å²) in [5.41, 5.74) is -0.372. The van der Waals surface area contributed by atoms with E-state index in [1.165, 1.54) is 0 Å². The molecule has 0 aliphatic heterocycles. The Bertz CT molecular complexity index is 461. The molecule has 0 aromatic heterocycles. The van der Waals surface area contributed by atoms with E-state index in [1.54, 1.807) is 32.0 Å². The van der Waals surface area contributed by atoms with E-state index in [9.17, 15) is 9.59 Å². The highest BCUT2D eigenvalue weighted by atomic mass is 127. The SMILES string of the molecule is CCC(C)(CNC(=O)c1cccc(I)c1)C(=O)O. The molecular formula is C13H16INO3. The summed E-state index contributed by atoms with van der Waals surface area (Å²) < 4.78 is 0.969. The number of carbonyl (C=O) groups is 2. The van der Waals surface area contributed by atoms with Gasteiger partial charge in [0.05, 0.1) is 5.41 Å². The van der Waals surface area contributed by atoms with Crippen LogP contribution in [-0.4, -0.2) is 23.5 Å². The van der Waals surface area contributed by atoms with Crippen LogP contribution in [0.3, 0.4) is 0 Å². The maximum absolute atomic E-state index is 11.9. The second-order valence-electron chi connectivity index (χ2n) is 4.41. The number of carboxylic acids is 1. The molecule has 1 aromatic rings. The topological polar surface area (TPSA) is 66.4 Å². The van der Waals surface area contributed by atoms with Gasteiger partial charge < -0.3 is 10.4 Å². The molecule has 0 saturated heterocycles. The van der Waals surface area contributed by atoms with Crippen LogP contribution in [0.4, 0.5) is 0 Å². The first-order chi connectivity index (χ1) is 8.39. The first-order valence-electron chi connectivity index (χ1n) is 5.66. The summed E-state index contributed by atoms with van der Waals surface area (Å²) in [6.07, 6.45) is 0.467. The van der Waals surface area contributed by atoms with Crippen LogP contribution in [0.2, 0.25) is 0 Å². The molecule has 4 nitrogen and oxygen atoms in total. The fraction of sp³-hybridized carbons (Fsp3) is 0.385. The van der Waals surface area contributed by atoms with Crippen molar-refractivity contribution < 1.29 is 14.7 Å². The molecule has 18 heavy (non-hydrogen) atoms. The molecule has 0 radical (unpaired) electrons. The number of aliphatic carboxylic acids is 1. The lowest BCUT2D eigenvalue weighted by atomic mass is 9.87. The standard InChI is InChI=1S/C13H16INO3/c1-3-13(2,12(17)18)8-15-11(16)9-5-4-6-10(14)7-9/h4-7H,3,8H2,1-2H3,(H,15,16)(H,17,18). The van der Waals surface area contributed by atoms with E-state index in [4.69, 9.17) is 5.11 Å². The Balaban J connectivity index is 2.69. The average Bonchev–Trinajstić information content (AvgIpc) is 2.35. The number of hydrogen-bond acceptors (Lipinski definition) is 2. The Hall–Kier alpha value is -1.11. The Labute approximate surface area is 120 Å². The molecule has 0 aliphatic rings. The van der Waals surface area contributed by atoms with Gasteiger partial charge in [0, 0.05) is 15.7 Å². The van der Waals surface area contributed by atoms with Gasteiger partial charge in [0.1, 0.15) is 0 Å². The van der Waals surface area contributed by atoms with Gasteiger partial charge in [-0.25, -0.2) is 0 Å². The summed E-state index contributed by atoms with van der Waals surface area (Å²) in [5.74, 6) is -1.14. The van der Waals surface area contributed by atoms with Crippen LogP contribution in [0.25, 0.3) is 0 Å². The molecule has 2 N–H and O–H groups in total. The van der Waals surface area contributed by atoms with E-state index in [-0.39, 0.29) is 12.5 Å². The number of carbonyl (C=O) groups excluding carboxylic acids is 1. The maximum Gasteiger partial charge on any atom is 0.311 e. The number of amides is 1. The van der Waals surface area contributed by atoms with Crippen molar-refractivity contribution in [1.82, 2.24) is 5.32 Å². The largest absolute Gasteiger partial charge is 0.481 e. The van der Waals surface area contributed by atoms with Crippen molar-refractivity contribution in [3.63, 3.8) is 0 Å². The second-order valence-corrected chi connectivity index (χ2v) is 5.66. The van der Waals surface area contributed by atoms with E-state index < -0.39 is 11.4 Å². The summed E-state index contributed by atoms with van der Waals surface area (Å²) in [7, 11) is 0. The lowest BCUT2D eigenvalue weighted by Gasteiger charge is -2.23. The minimum Gasteiger partial charge on any atom is -0.481 e. The minimum atomic E-state index is -0.919. The van der Waals surface area contributed by atoms with Crippen LogP contribution >= 0.6 is 22.6 Å². The Morgan fingerprint density at radius 3 is 2.61 bits per heavy atom. The molecule has 1 aromatic carbocycles. The summed E-state index contributed by atoms with van der Waals surface area (Å²) in [5, 5.41) is 11.8. The van der Waals surface area contributed by atoms with Gasteiger partial charge in [-0.3, -0.25) is 9.59 Å². The number of rotatable bonds is 5. The first-order valence-corrected chi connectivity index (χ1v) is 6.74. The molecule has 0 bridgehead atoms. The van der Waals surface area contributed by atoms with E-state index in [0.29, 0.717) is 12.0 Å². The number of hydrogen-bond donors (Lipinski definition) is 2. The Kier molecular flexibility index (Phi) is 5.13. The van der Waals surface area contributed by atoms with Gasteiger partial charge in [0.25, 0.3) is 5.91 Å². The molecular weight excluding hydrogens is 345 g/mol. The zero-order valence-corrected chi connectivity index (χ0v) is 12.5. The lowest BCUT2D eigenvalue weighted by molar-refractivity contribution is -0.147. The third-order valence-electron chi connectivity index (χ3n) is 3.02. The predicted molar refractivity (Wildman–Crippen MR) is 77.5 cm³/mol. The fourth-order valence-corrected chi connectivity index (χ4v) is 1.90. The van der Waals surface area contributed by atoms with Gasteiger partial charge in [-0.1, -0.05) is 13.0 Å². The van der Waals surface area contributed by atoms with Gasteiger partial charge in [-0.05, 0) is 54.1 Å². The fourth-order valence-electron chi connectivity index (χ4n) is 1.36. The Morgan fingerprint density at radius 2 is 2.11 bits per heavy atom. The van der Waals surface area contributed by atoms with E-state index in [0.717, 1.165) is 3.57 Å². The van der Waals surface area contributed by atoms with E-state index >= 15 is 0 Å². The van der Waals surface area contributed by atoms with Crippen molar-refractivity contribution in [1.29, 1.82) is 0 Å². The van der Waals surface area contributed by atoms with Crippen LogP contribution in [0, 0.1) is 8.99 Å². The van der Waals surface area contributed by atoms with Crippen molar-refractivity contribution in [2.75, 3.05) is 6.54 Å². The highest BCUT2D eigenvalue weighted by Gasteiger charge is 2.31. The van der Waals surface area contributed by atoms with E-state index in [1.807, 2.05) is 6.07 Å². The smallest absolute Gasteiger partial charge is 0.311 e. The third-order valence-corrected chi connectivity index (χ3v) is 3.69. The van der Waals surface area contributed by atoms with Gasteiger partial charge >= 0.3 is 5.97 Å². The summed E-state index contributed by atoms with van der Waals surface area (Å²) in [6.45, 7) is 3.55. The number of benzene rings is 1. The summed E-state index contributed by atoms with van der Waals surface area (Å²) in [4.78, 5) is 23.0. The average molecular weight is 361 g/mol. The number of carboxylic acid groups (broad SMARTS) is 1. The molecule has 0 spiro atoms. The molecule has 0 heterocycles. The molecule has 1 amide bonds. The third kappa shape index (κ3) is 3.69. The van der Waals surface area contributed by atoms with Crippen molar-refractivity contribution in [2.45, 2.75) is 20.3 Å². The van der Waals surface area contributed by atoms with Crippen LogP contribution in [-0.2, 0) is 4.79 Å². The zero-order chi connectivity index (χ0) is 13.8. The maximum atomic E-state index is 11.9. The molecule has 1 unspecified atom stereocenters. The van der Waals surface area contributed by atoms with Crippen molar-refractivity contribution in [3.8, 4) is 0 Å². The van der Waals surface area contributed by atoms with Gasteiger partial charge in [0.2, 0.25) is 0 Å². The van der Waals surface area contributed by atoms with Crippen molar-refractivity contribution >= 4 is 34.5 Å². The minimum absolute atomic E-state index is 0.128. The molecule has 0 fully saturated rings. The van der Waals surface area contributed by atoms with Crippen LogP contribution in [0.1, 0.15) is 30.6 Å². The first kappa shape index (κ1) is 14.9. The van der Waals surface area contributed by atoms with Crippen molar-refractivity contribution in [3.05, 3.63) is 33.4 Å².